The third-order valence-corrected chi connectivity index (χ3v) is 2.49. The summed E-state index contributed by atoms with van der Waals surface area (Å²) in [6.45, 7) is 1.98. The van der Waals surface area contributed by atoms with E-state index in [2.05, 4.69) is 10.3 Å². The first-order valence-corrected chi connectivity index (χ1v) is 5.55. The van der Waals surface area contributed by atoms with Crippen LogP contribution in [0.25, 0.3) is 0 Å². The Hall–Kier alpha value is -1.53. The molecule has 1 amide bonds. The molecular formula is C12H17FN2O3. The van der Waals surface area contributed by atoms with Gasteiger partial charge in [-0.1, -0.05) is 0 Å². The summed E-state index contributed by atoms with van der Waals surface area (Å²) in [6, 6.07) is 1.29. The molecule has 1 aromatic heterocycles. The minimum atomic E-state index is -1.09. The maximum absolute atomic E-state index is 13.3. The SMILES string of the molecule is COCCC(C)(O)CNC(=O)c1ccncc1F. The highest BCUT2D eigenvalue weighted by atomic mass is 19.1. The molecule has 1 aromatic rings. The van der Waals surface area contributed by atoms with E-state index in [1.807, 2.05) is 0 Å². The van der Waals surface area contributed by atoms with Crippen LogP contribution in [0.3, 0.4) is 0 Å². The number of amides is 1. The normalized spacial score (nSPS) is 14.0. The smallest absolute Gasteiger partial charge is 0.254 e. The molecule has 0 saturated carbocycles. The number of carbonyl (C=O) groups excluding carboxylic acids is 1. The lowest BCUT2D eigenvalue weighted by molar-refractivity contribution is 0.0243. The van der Waals surface area contributed by atoms with Crippen LogP contribution in [0.2, 0.25) is 0 Å². The summed E-state index contributed by atoms with van der Waals surface area (Å²) in [7, 11) is 1.53. The number of aromatic nitrogens is 1. The van der Waals surface area contributed by atoms with E-state index in [1.54, 1.807) is 6.92 Å². The lowest BCUT2D eigenvalue weighted by Crippen LogP contribution is -2.41. The highest BCUT2D eigenvalue weighted by Gasteiger charge is 2.22. The number of hydrogen-bond acceptors (Lipinski definition) is 4. The molecule has 1 atom stereocenters. The van der Waals surface area contributed by atoms with Crippen molar-refractivity contribution in [3.8, 4) is 0 Å². The van der Waals surface area contributed by atoms with Crippen LogP contribution in [0.15, 0.2) is 18.5 Å². The van der Waals surface area contributed by atoms with Gasteiger partial charge in [-0.3, -0.25) is 9.78 Å². The van der Waals surface area contributed by atoms with Gasteiger partial charge < -0.3 is 15.2 Å². The number of carbonyl (C=O) groups is 1. The minimum absolute atomic E-state index is 0.0248. The largest absolute Gasteiger partial charge is 0.388 e. The van der Waals surface area contributed by atoms with Gasteiger partial charge in [0.15, 0.2) is 5.82 Å². The molecule has 1 unspecified atom stereocenters. The summed E-state index contributed by atoms with van der Waals surface area (Å²) in [4.78, 5) is 15.2. The average molecular weight is 256 g/mol. The Labute approximate surface area is 105 Å². The van der Waals surface area contributed by atoms with Crippen LogP contribution in [0.1, 0.15) is 23.7 Å². The molecular weight excluding hydrogens is 239 g/mol. The third kappa shape index (κ3) is 4.38. The topological polar surface area (TPSA) is 71.5 Å². The first-order chi connectivity index (χ1) is 8.46. The van der Waals surface area contributed by atoms with Crippen molar-refractivity contribution in [2.75, 3.05) is 20.3 Å². The first-order valence-electron chi connectivity index (χ1n) is 5.55. The van der Waals surface area contributed by atoms with Gasteiger partial charge in [0.05, 0.1) is 17.4 Å². The standard InChI is InChI=1S/C12H17FN2O3/c1-12(17,4-6-18-2)8-15-11(16)9-3-5-14-7-10(9)13/h3,5,7,17H,4,6,8H2,1-2H3,(H,15,16). The molecule has 0 aliphatic rings. The van der Waals surface area contributed by atoms with Crippen molar-refractivity contribution in [3.05, 3.63) is 29.8 Å². The fourth-order valence-corrected chi connectivity index (χ4v) is 1.34. The lowest BCUT2D eigenvalue weighted by Gasteiger charge is -2.23. The number of ether oxygens (including phenoxy) is 1. The van der Waals surface area contributed by atoms with Gasteiger partial charge in [0.2, 0.25) is 0 Å². The predicted octanol–water partition coefficient (Wildman–Crippen LogP) is 0.738. The van der Waals surface area contributed by atoms with Gasteiger partial charge in [-0.25, -0.2) is 4.39 Å². The molecule has 0 saturated heterocycles. The van der Waals surface area contributed by atoms with Crippen molar-refractivity contribution in [3.63, 3.8) is 0 Å². The molecule has 1 rings (SSSR count). The second-order valence-electron chi connectivity index (χ2n) is 4.28. The second kappa shape index (κ2) is 6.42. The highest BCUT2D eigenvalue weighted by molar-refractivity contribution is 5.94. The van der Waals surface area contributed by atoms with E-state index in [1.165, 1.54) is 19.4 Å². The Morgan fingerprint density at radius 1 is 1.67 bits per heavy atom. The molecule has 0 fully saturated rings. The van der Waals surface area contributed by atoms with Crippen molar-refractivity contribution in [2.45, 2.75) is 18.9 Å². The van der Waals surface area contributed by atoms with Crippen LogP contribution in [-0.4, -0.2) is 41.9 Å². The third-order valence-electron chi connectivity index (χ3n) is 2.49. The Bertz CT molecular complexity index is 410. The number of methoxy groups -OCH3 is 1. The number of nitrogens with one attached hydrogen (secondary N) is 1. The van der Waals surface area contributed by atoms with Crippen LogP contribution < -0.4 is 5.32 Å². The number of aliphatic hydroxyl groups is 1. The van der Waals surface area contributed by atoms with E-state index in [0.717, 1.165) is 6.20 Å². The predicted molar refractivity (Wildman–Crippen MR) is 63.6 cm³/mol. The lowest BCUT2D eigenvalue weighted by atomic mass is 10.0. The Kier molecular flexibility index (Phi) is 5.18. The van der Waals surface area contributed by atoms with E-state index < -0.39 is 17.3 Å². The first kappa shape index (κ1) is 14.5. The van der Waals surface area contributed by atoms with Crippen molar-refractivity contribution in [1.82, 2.24) is 10.3 Å². The maximum atomic E-state index is 13.3. The van der Waals surface area contributed by atoms with E-state index in [4.69, 9.17) is 4.74 Å². The molecule has 1 heterocycles. The van der Waals surface area contributed by atoms with Gasteiger partial charge in [-0.2, -0.15) is 0 Å². The monoisotopic (exact) mass is 256 g/mol. The zero-order chi connectivity index (χ0) is 13.6. The highest BCUT2D eigenvalue weighted by Crippen LogP contribution is 2.09. The number of halogens is 1. The molecule has 0 aliphatic carbocycles. The van der Waals surface area contributed by atoms with Gasteiger partial charge in [-0.15, -0.1) is 0 Å². The number of hydrogen-bond donors (Lipinski definition) is 2. The van der Waals surface area contributed by atoms with Crippen molar-refractivity contribution in [1.29, 1.82) is 0 Å². The summed E-state index contributed by atoms with van der Waals surface area (Å²) in [5, 5.41) is 12.4. The molecule has 0 spiro atoms. The van der Waals surface area contributed by atoms with Gasteiger partial charge in [0.25, 0.3) is 5.91 Å². The minimum Gasteiger partial charge on any atom is -0.388 e. The molecule has 2 N–H and O–H groups in total. The van der Waals surface area contributed by atoms with Gasteiger partial charge in [-0.05, 0) is 13.0 Å². The molecule has 100 valence electrons. The van der Waals surface area contributed by atoms with Crippen molar-refractivity contribution >= 4 is 5.91 Å². The molecule has 0 aliphatic heterocycles. The van der Waals surface area contributed by atoms with Gasteiger partial charge in [0.1, 0.15) is 0 Å². The fraction of sp³-hybridized carbons (Fsp3) is 0.500. The molecule has 5 nitrogen and oxygen atoms in total. The Morgan fingerprint density at radius 2 is 2.39 bits per heavy atom. The maximum Gasteiger partial charge on any atom is 0.254 e. The average Bonchev–Trinajstić information content (AvgIpc) is 2.34. The zero-order valence-electron chi connectivity index (χ0n) is 10.4. The number of rotatable bonds is 6. The fourth-order valence-electron chi connectivity index (χ4n) is 1.34. The molecule has 18 heavy (non-hydrogen) atoms. The van der Waals surface area contributed by atoms with Crippen molar-refractivity contribution in [2.24, 2.45) is 0 Å². The van der Waals surface area contributed by atoms with E-state index >= 15 is 0 Å². The molecule has 0 bridgehead atoms. The Morgan fingerprint density at radius 3 is 3.00 bits per heavy atom. The zero-order valence-corrected chi connectivity index (χ0v) is 10.4. The molecule has 0 radical (unpaired) electrons. The summed E-state index contributed by atoms with van der Waals surface area (Å²) < 4.78 is 18.1. The number of nitrogens with zero attached hydrogens (tertiary/aromatic N) is 1. The Balaban J connectivity index is 2.54. The van der Waals surface area contributed by atoms with Crippen LogP contribution in [0.5, 0.6) is 0 Å². The van der Waals surface area contributed by atoms with E-state index in [9.17, 15) is 14.3 Å². The van der Waals surface area contributed by atoms with E-state index in [-0.39, 0.29) is 12.1 Å². The van der Waals surface area contributed by atoms with Crippen LogP contribution in [-0.2, 0) is 4.74 Å². The van der Waals surface area contributed by atoms with Crippen molar-refractivity contribution < 1.29 is 19.0 Å². The quantitative estimate of drug-likeness (QED) is 0.787. The summed E-state index contributed by atoms with van der Waals surface area (Å²) in [6.07, 6.45) is 2.68. The number of pyridine rings is 1. The van der Waals surface area contributed by atoms with Crippen LogP contribution in [0, 0.1) is 5.82 Å². The molecule has 6 heteroatoms. The summed E-state index contributed by atoms with van der Waals surface area (Å²) in [5.74, 6) is -1.26. The second-order valence-corrected chi connectivity index (χ2v) is 4.28. The van der Waals surface area contributed by atoms with Gasteiger partial charge >= 0.3 is 0 Å². The van der Waals surface area contributed by atoms with Crippen LogP contribution >= 0.6 is 0 Å². The van der Waals surface area contributed by atoms with Crippen LogP contribution in [0.4, 0.5) is 4.39 Å². The van der Waals surface area contributed by atoms with Gasteiger partial charge in [0, 0.05) is 32.9 Å². The molecule has 0 aromatic carbocycles. The summed E-state index contributed by atoms with van der Waals surface area (Å²) >= 11 is 0. The van der Waals surface area contributed by atoms with E-state index in [0.29, 0.717) is 13.0 Å². The summed E-state index contributed by atoms with van der Waals surface area (Å²) in [5.41, 5.74) is -1.18.